The molecule has 0 aromatic rings. The second-order valence-corrected chi connectivity index (χ2v) is 9.06. The fourth-order valence-corrected chi connectivity index (χ4v) is 4.12. The van der Waals surface area contributed by atoms with Gasteiger partial charge in [-0.2, -0.15) is 11.8 Å². The first-order chi connectivity index (χ1) is 10.3. The Bertz CT molecular complexity index is 364. The Kier molecular flexibility index (Phi) is 6.06. The zero-order valence-corrected chi connectivity index (χ0v) is 15.4. The summed E-state index contributed by atoms with van der Waals surface area (Å²) in [4.78, 5) is 13.9. The van der Waals surface area contributed by atoms with E-state index < -0.39 is 5.60 Å². The monoisotopic (exact) mass is 328 g/mol. The van der Waals surface area contributed by atoms with E-state index in [1.807, 2.05) is 37.4 Å². The van der Waals surface area contributed by atoms with E-state index >= 15 is 0 Å². The molecule has 0 aromatic heterocycles. The first-order valence-corrected chi connectivity index (χ1v) is 9.80. The van der Waals surface area contributed by atoms with Crippen molar-refractivity contribution in [3.63, 3.8) is 0 Å². The van der Waals surface area contributed by atoms with E-state index in [-0.39, 0.29) is 6.09 Å². The maximum Gasteiger partial charge on any atom is 0.410 e. The van der Waals surface area contributed by atoms with E-state index in [1.54, 1.807) is 0 Å². The highest BCUT2D eigenvalue weighted by molar-refractivity contribution is 8.00. The third-order valence-electron chi connectivity index (χ3n) is 4.84. The van der Waals surface area contributed by atoms with Crippen LogP contribution in [0.2, 0.25) is 0 Å². The van der Waals surface area contributed by atoms with Crippen molar-refractivity contribution in [1.29, 1.82) is 0 Å². The fourth-order valence-electron chi connectivity index (χ4n) is 3.17. The van der Waals surface area contributed by atoms with E-state index in [1.165, 1.54) is 19.3 Å². The largest absolute Gasteiger partial charge is 0.444 e. The molecule has 0 radical (unpaired) electrons. The van der Waals surface area contributed by atoms with Crippen molar-refractivity contribution in [2.45, 2.75) is 63.2 Å². The number of hydrogen-bond donors (Lipinski definition) is 1. The summed E-state index contributed by atoms with van der Waals surface area (Å²) < 4.78 is 5.95. The molecule has 2 rings (SSSR count). The molecule has 22 heavy (non-hydrogen) atoms. The standard InChI is InChI=1S/C17H32N2O2S/c1-16(2,3)21-15(20)19-10-6-14(7-11-19)12-18-13-17(22-4)8-5-9-17/h14,18H,5-13H2,1-4H3. The second-order valence-electron chi connectivity index (χ2n) is 7.78. The number of ether oxygens (including phenoxy) is 1. The van der Waals surface area contributed by atoms with Gasteiger partial charge in [0.2, 0.25) is 0 Å². The summed E-state index contributed by atoms with van der Waals surface area (Å²) in [6.45, 7) is 9.64. The van der Waals surface area contributed by atoms with Gasteiger partial charge in [0.1, 0.15) is 5.60 Å². The summed E-state index contributed by atoms with van der Waals surface area (Å²) in [7, 11) is 0. The minimum Gasteiger partial charge on any atom is -0.444 e. The number of hydrogen-bond acceptors (Lipinski definition) is 4. The Balaban J connectivity index is 1.64. The quantitative estimate of drug-likeness (QED) is 0.838. The molecule has 1 saturated heterocycles. The van der Waals surface area contributed by atoms with Gasteiger partial charge in [0.05, 0.1) is 0 Å². The second kappa shape index (κ2) is 7.43. The lowest BCUT2D eigenvalue weighted by molar-refractivity contribution is 0.0184. The normalized spacial score (nSPS) is 22.3. The predicted octanol–water partition coefficient (Wildman–Crippen LogP) is 3.51. The molecule has 1 aliphatic heterocycles. The molecule has 1 saturated carbocycles. The first-order valence-electron chi connectivity index (χ1n) is 8.57. The molecular formula is C17H32N2O2S. The van der Waals surface area contributed by atoms with Crippen molar-refractivity contribution in [1.82, 2.24) is 10.2 Å². The fraction of sp³-hybridized carbons (Fsp3) is 0.941. The number of rotatable bonds is 5. The molecule has 2 aliphatic rings. The Labute approximate surface area is 139 Å². The number of carbonyl (C=O) groups excluding carboxylic acids is 1. The van der Waals surface area contributed by atoms with E-state index in [0.29, 0.717) is 10.7 Å². The molecule has 4 nitrogen and oxygen atoms in total. The van der Waals surface area contributed by atoms with E-state index in [2.05, 4.69) is 11.6 Å². The molecular weight excluding hydrogens is 296 g/mol. The number of carbonyl (C=O) groups is 1. The Morgan fingerprint density at radius 3 is 2.41 bits per heavy atom. The Morgan fingerprint density at radius 2 is 1.95 bits per heavy atom. The van der Waals surface area contributed by atoms with Gasteiger partial charge in [-0.15, -0.1) is 0 Å². The van der Waals surface area contributed by atoms with Gasteiger partial charge in [0, 0.05) is 24.4 Å². The van der Waals surface area contributed by atoms with Crippen LogP contribution >= 0.6 is 11.8 Å². The van der Waals surface area contributed by atoms with Crippen LogP contribution in [0.25, 0.3) is 0 Å². The number of piperidine rings is 1. The number of nitrogens with zero attached hydrogens (tertiary/aromatic N) is 1. The first kappa shape index (κ1) is 17.9. The van der Waals surface area contributed by atoms with E-state index in [4.69, 9.17) is 4.74 Å². The van der Waals surface area contributed by atoms with Crippen LogP contribution in [0.3, 0.4) is 0 Å². The molecule has 0 atom stereocenters. The maximum absolute atomic E-state index is 12.0. The molecule has 2 fully saturated rings. The van der Waals surface area contributed by atoms with Crippen molar-refractivity contribution in [3.05, 3.63) is 0 Å². The van der Waals surface area contributed by atoms with Crippen molar-refractivity contribution >= 4 is 17.9 Å². The van der Waals surface area contributed by atoms with Gasteiger partial charge in [-0.05, 0) is 65.2 Å². The molecule has 1 heterocycles. The molecule has 0 spiro atoms. The van der Waals surface area contributed by atoms with Crippen LogP contribution < -0.4 is 5.32 Å². The van der Waals surface area contributed by atoms with Gasteiger partial charge in [-0.1, -0.05) is 6.42 Å². The maximum atomic E-state index is 12.0. The summed E-state index contributed by atoms with van der Waals surface area (Å²) in [6, 6.07) is 0. The van der Waals surface area contributed by atoms with Gasteiger partial charge in [-0.3, -0.25) is 0 Å². The summed E-state index contributed by atoms with van der Waals surface area (Å²) in [6.07, 6.45) is 8.35. The summed E-state index contributed by atoms with van der Waals surface area (Å²) in [5.74, 6) is 0.692. The summed E-state index contributed by atoms with van der Waals surface area (Å²) >= 11 is 2.02. The predicted molar refractivity (Wildman–Crippen MR) is 93.5 cm³/mol. The van der Waals surface area contributed by atoms with Gasteiger partial charge in [0.25, 0.3) is 0 Å². The Morgan fingerprint density at radius 1 is 1.32 bits per heavy atom. The zero-order valence-electron chi connectivity index (χ0n) is 14.6. The van der Waals surface area contributed by atoms with Gasteiger partial charge in [0.15, 0.2) is 0 Å². The van der Waals surface area contributed by atoms with Gasteiger partial charge < -0.3 is 15.0 Å². The molecule has 1 aliphatic carbocycles. The summed E-state index contributed by atoms with van der Waals surface area (Å²) in [5, 5.41) is 3.68. The zero-order chi connectivity index (χ0) is 16.2. The summed E-state index contributed by atoms with van der Waals surface area (Å²) in [5.41, 5.74) is -0.398. The van der Waals surface area contributed by atoms with Crippen molar-refractivity contribution in [2.24, 2.45) is 5.92 Å². The molecule has 0 bridgehead atoms. The number of likely N-dealkylation sites (tertiary alicyclic amines) is 1. The SMILES string of the molecule is CSC1(CNCC2CCN(C(=O)OC(C)(C)C)CC2)CCC1. The van der Waals surface area contributed by atoms with Crippen LogP contribution in [0, 0.1) is 5.92 Å². The van der Waals surface area contributed by atoms with Crippen molar-refractivity contribution < 1.29 is 9.53 Å². The van der Waals surface area contributed by atoms with Crippen LogP contribution in [0.4, 0.5) is 4.79 Å². The number of thioether (sulfide) groups is 1. The van der Waals surface area contributed by atoms with Gasteiger partial charge in [-0.25, -0.2) is 4.79 Å². The van der Waals surface area contributed by atoms with Crippen LogP contribution in [0.1, 0.15) is 52.9 Å². The molecule has 1 N–H and O–H groups in total. The van der Waals surface area contributed by atoms with Gasteiger partial charge >= 0.3 is 6.09 Å². The van der Waals surface area contributed by atoms with Crippen LogP contribution in [0.5, 0.6) is 0 Å². The van der Waals surface area contributed by atoms with Crippen LogP contribution in [0.15, 0.2) is 0 Å². The van der Waals surface area contributed by atoms with E-state index in [0.717, 1.165) is 39.0 Å². The third kappa shape index (κ3) is 5.05. The third-order valence-corrected chi connectivity index (χ3v) is 6.26. The highest BCUT2D eigenvalue weighted by Gasteiger charge is 2.35. The smallest absolute Gasteiger partial charge is 0.410 e. The lowest BCUT2D eigenvalue weighted by Crippen LogP contribution is -2.46. The minimum absolute atomic E-state index is 0.158. The molecule has 0 unspecified atom stereocenters. The topological polar surface area (TPSA) is 41.6 Å². The highest BCUT2D eigenvalue weighted by Crippen LogP contribution is 2.42. The average molecular weight is 329 g/mol. The van der Waals surface area contributed by atoms with Crippen molar-refractivity contribution in [3.8, 4) is 0 Å². The molecule has 128 valence electrons. The van der Waals surface area contributed by atoms with Crippen LogP contribution in [-0.4, -0.2) is 53.8 Å². The average Bonchev–Trinajstić information content (AvgIpc) is 2.40. The lowest BCUT2D eigenvalue weighted by Gasteiger charge is -2.41. The number of amides is 1. The van der Waals surface area contributed by atoms with Crippen LogP contribution in [-0.2, 0) is 4.74 Å². The van der Waals surface area contributed by atoms with Crippen molar-refractivity contribution in [2.75, 3.05) is 32.4 Å². The lowest BCUT2D eigenvalue weighted by atomic mass is 9.84. The highest BCUT2D eigenvalue weighted by atomic mass is 32.2. The minimum atomic E-state index is -0.398. The molecule has 1 amide bonds. The molecule has 0 aromatic carbocycles. The number of nitrogens with one attached hydrogen (secondary N) is 1. The molecule has 5 heteroatoms. The Hall–Kier alpha value is -0.420. The van der Waals surface area contributed by atoms with E-state index in [9.17, 15) is 4.79 Å².